The molecule has 0 aliphatic heterocycles. The van der Waals surface area contributed by atoms with Gasteiger partial charge >= 0.3 is 0 Å². The molecule has 0 amide bonds. The maximum atomic E-state index is 12.1. The lowest BCUT2D eigenvalue weighted by Crippen LogP contribution is -2.01. The summed E-state index contributed by atoms with van der Waals surface area (Å²) in [5, 5.41) is 16.6. The number of nitro benzene ring substituents is 1. The minimum Gasteiger partial charge on any atom is -0.309 e. The largest absolute Gasteiger partial charge is 0.309 e. The first kappa shape index (κ1) is 19.6. The molecule has 5 nitrogen and oxygen atoms in total. The summed E-state index contributed by atoms with van der Waals surface area (Å²) < 4.78 is 4.24. The van der Waals surface area contributed by atoms with Gasteiger partial charge in [-0.2, -0.15) is 0 Å². The molecule has 0 saturated heterocycles. The first-order valence-electron chi connectivity index (χ1n) is 11.5. The molecular formula is C30H19N3O2. The van der Waals surface area contributed by atoms with Gasteiger partial charge in [0, 0.05) is 33.7 Å². The Balaban J connectivity index is 1.61. The van der Waals surface area contributed by atoms with E-state index in [2.05, 4.69) is 57.7 Å². The van der Waals surface area contributed by atoms with Gasteiger partial charge in [-0.1, -0.05) is 72.8 Å². The van der Waals surface area contributed by atoms with Gasteiger partial charge in [-0.05, 0) is 30.3 Å². The number of hydrogen-bond donors (Lipinski definition) is 0. The molecule has 0 aliphatic rings. The summed E-state index contributed by atoms with van der Waals surface area (Å²) in [7, 11) is 0. The first-order valence-corrected chi connectivity index (χ1v) is 11.5. The van der Waals surface area contributed by atoms with Crippen molar-refractivity contribution in [3.8, 4) is 11.4 Å². The molecule has 0 bridgehead atoms. The number of hydrogen-bond acceptors (Lipinski definition) is 2. The van der Waals surface area contributed by atoms with Crippen molar-refractivity contribution < 1.29 is 4.92 Å². The Kier molecular flexibility index (Phi) is 4.08. The highest BCUT2D eigenvalue weighted by molar-refractivity contribution is 6.10. The Hall–Kier alpha value is -4.90. The summed E-state index contributed by atoms with van der Waals surface area (Å²) in [5.74, 6) is 0. The molecular weight excluding hydrogens is 434 g/mol. The van der Waals surface area contributed by atoms with Crippen LogP contribution in [0.3, 0.4) is 0 Å². The second kappa shape index (κ2) is 7.30. The number of benzene rings is 5. The second-order valence-electron chi connectivity index (χ2n) is 8.70. The van der Waals surface area contributed by atoms with E-state index in [1.807, 2.05) is 54.6 Å². The molecule has 0 aliphatic carbocycles. The molecule has 0 saturated carbocycles. The molecule has 166 valence electrons. The minimum atomic E-state index is -0.311. The van der Waals surface area contributed by atoms with E-state index in [1.165, 1.54) is 0 Å². The zero-order chi connectivity index (χ0) is 23.5. The van der Waals surface area contributed by atoms with Crippen LogP contribution in [-0.4, -0.2) is 14.1 Å². The normalized spacial score (nSPS) is 11.7. The quantitative estimate of drug-likeness (QED) is 0.202. The summed E-state index contributed by atoms with van der Waals surface area (Å²) in [6.45, 7) is 0. The average Bonchev–Trinajstić information content (AvgIpc) is 3.42. The predicted octanol–water partition coefficient (Wildman–Crippen LogP) is 7.79. The molecule has 0 N–H and O–H groups in total. The van der Waals surface area contributed by atoms with Crippen LogP contribution in [0.1, 0.15) is 0 Å². The number of rotatable bonds is 3. The smallest absolute Gasteiger partial charge is 0.273 e. The van der Waals surface area contributed by atoms with Crippen molar-refractivity contribution in [2.24, 2.45) is 0 Å². The van der Waals surface area contributed by atoms with Crippen molar-refractivity contribution in [3.63, 3.8) is 0 Å². The van der Waals surface area contributed by atoms with E-state index < -0.39 is 0 Å². The Morgan fingerprint density at radius 3 is 1.11 bits per heavy atom. The Labute approximate surface area is 200 Å². The third-order valence-corrected chi connectivity index (χ3v) is 6.77. The van der Waals surface area contributed by atoms with E-state index in [0.29, 0.717) is 0 Å². The zero-order valence-electron chi connectivity index (χ0n) is 18.6. The van der Waals surface area contributed by atoms with Crippen molar-refractivity contribution in [3.05, 3.63) is 125 Å². The lowest BCUT2D eigenvalue weighted by molar-refractivity contribution is -0.384. The number of fused-ring (bicyclic) bond motifs is 6. The highest BCUT2D eigenvalue weighted by atomic mass is 16.6. The molecule has 35 heavy (non-hydrogen) atoms. The summed E-state index contributed by atoms with van der Waals surface area (Å²) in [6.07, 6.45) is 0. The molecule has 0 radical (unpaired) electrons. The third kappa shape index (κ3) is 2.82. The van der Waals surface area contributed by atoms with Crippen LogP contribution < -0.4 is 0 Å². The molecule has 0 spiro atoms. The van der Waals surface area contributed by atoms with Crippen LogP contribution in [0.2, 0.25) is 0 Å². The fraction of sp³-hybridized carbons (Fsp3) is 0. The lowest BCUT2D eigenvalue weighted by atomic mass is 10.2. The van der Waals surface area contributed by atoms with Gasteiger partial charge in [0.25, 0.3) is 5.69 Å². The van der Waals surface area contributed by atoms with Gasteiger partial charge < -0.3 is 9.13 Å². The molecule has 7 rings (SSSR count). The minimum absolute atomic E-state index is 0.0567. The maximum Gasteiger partial charge on any atom is 0.273 e. The van der Waals surface area contributed by atoms with Gasteiger partial charge in [-0.15, -0.1) is 0 Å². The molecule has 5 aromatic carbocycles. The van der Waals surface area contributed by atoms with Crippen LogP contribution in [0.15, 0.2) is 115 Å². The molecule has 2 aromatic heterocycles. The number of non-ortho nitro benzene ring substituents is 1. The number of para-hydroxylation sites is 4. The van der Waals surface area contributed by atoms with Crippen molar-refractivity contribution in [1.29, 1.82) is 0 Å². The zero-order valence-corrected chi connectivity index (χ0v) is 18.6. The van der Waals surface area contributed by atoms with Crippen molar-refractivity contribution in [1.82, 2.24) is 9.13 Å². The molecule has 0 atom stereocenters. The molecule has 0 fully saturated rings. The van der Waals surface area contributed by atoms with Crippen molar-refractivity contribution in [2.75, 3.05) is 0 Å². The van der Waals surface area contributed by atoms with E-state index in [4.69, 9.17) is 0 Å². The van der Waals surface area contributed by atoms with E-state index in [-0.39, 0.29) is 10.6 Å². The SMILES string of the molecule is O=[N+]([O-])c1cc(-n2c3ccccc3c3ccccc32)cc(-n2c3ccccc3c3ccccc32)c1. The Morgan fingerprint density at radius 1 is 0.486 bits per heavy atom. The van der Waals surface area contributed by atoms with E-state index in [0.717, 1.165) is 55.0 Å². The van der Waals surface area contributed by atoms with Crippen LogP contribution in [0.5, 0.6) is 0 Å². The van der Waals surface area contributed by atoms with Crippen LogP contribution in [-0.2, 0) is 0 Å². The van der Waals surface area contributed by atoms with Gasteiger partial charge in [-0.25, -0.2) is 0 Å². The first-order chi connectivity index (χ1) is 17.2. The van der Waals surface area contributed by atoms with Crippen LogP contribution in [0.25, 0.3) is 55.0 Å². The monoisotopic (exact) mass is 453 g/mol. The molecule has 7 aromatic rings. The van der Waals surface area contributed by atoms with Crippen LogP contribution in [0.4, 0.5) is 5.69 Å². The summed E-state index contributed by atoms with van der Waals surface area (Å²) in [6, 6.07) is 38.1. The Bertz CT molecular complexity index is 1710. The third-order valence-electron chi connectivity index (χ3n) is 6.77. The average molecular weight is 454 g/mol. The fourth-order valence-corrected chi connectivity index (χ4v) is 5.34. The second-order valence-corrected chi connectivity index (χ2v) is 8.70. The fourth-order valence-electron chi connectivity index (χ4n) is 5.34. The lowest BCUT2D eigenvalue weighted by Gasteiger charge is -2.13. The van der Waals surface area contributed by atoms with E-state index in [1.54, 1.807) is 12.1 Å². The van der Waals surface area contributed by atoms with Gasteiger partial charge in [0.05, 0.1) is 38.4 Å². The number of nitro groups is 1. The van der Waals surface area contributed by atoms with Gasteiger partial charge in [-0.3, -0.25) is 10.1 Å². The topological polar surface area (TPSA) is 53.0 Å². The summed E-state index contributed by atoms with van der Waals surface area (Å²) >= 11 is 0. The van der Waals surface area contributed by atoms with Crippen LogP contribution >= 0.6 is 0 Å². The maximum absolute atomic E-state index is 12.1. The predicted molar refractivity (Wildman–Crippen MR) is 142 cm³/mol. The summed E-state index contributed by atoms with van der Waals surface area (Å²) in [5.41, 5.74) is 5.64. The highest BCUT2D eigenvalue weighted by Gasteiger charge is 2.19. The molecule has 5 heteroatoms. The molecule has 2 heterocycles. The number of nitrogens with zero attached hydrogens (tertiary/aromatic N) is 3. The van der Waals surface area contributed by atoms with Crippen molar-refractivity contribution >= 4 is 49.3 Å². The van der Waals surface area contributed by atoms with Gasteiger partial charge in [0.2, 0.25) is 0 Å². The number of aromatic nitrogens is 2. The van der Waals surface area contributed by atoms with Gasteiger partial charge in [0.15, 0.2) is 0 Å². The van der Waals surface area contributed by atoms with Crippen LogP contribution in [0, 0.1) is 10.1 Å². The van der Waals surface area contributed by atoms with Gasteiger partial charge in [0.1, 0.15) is 0 Å². The standard InChI is InChI=1S/C30H19N3O2/c34-33(35)22-18-20(31-27-13-5-1-9-23(27)24-10-2-6-14-28(24)31)17-21(19-22)32-29-15-7-3-11-25(29)26-12-4-8-16-30(26)32/h1-19H. The van der Waals surface area contributed by atoms with Crippen molar-refractivity contribution in [2.45, 2.75) is 0 Å². The Morgan fingerprint density at radius 2 is 0.800 bits per heavy atom. The highest BCUT2D eigenvalue weighted by Crippen LogP contribution is 2.36. The van der Waals surface area contributed by atoms with E-state index in [9.17, 15) is 10.1 Å². The molecule has 0 unspecified atom stereocenters. The summed E-state index contributed by atoms with van der Waals surface area (Å²) in [4.78, 5) is 11.8. The van der Waals surface area contributed by atoms with E-state index >= 15 is 0 Å².